The minimum atomic E-state index is 0.151. The van der Waals surface area contributed by atoms with Gasteiger partial charge in [0, 0.05) is 19.5 Å². The second kappa shape index (κ2) is 9.54. The second-order valence-corrected chi connectivity index (χ2v) is 5.27. The molecule has 0 saturated carbocycles. The molecule has 1 amide bonds. The second-order valence-electron chi connectivity index (χ2n) is 5.27. The SMILES string of the molecule is CCCN(CC)CCNC(=O)CCc1ccc(C)cc1. The molecule has 1 N–H and O–H groups in total. The summed E-state index contributed by atoms with van der Waals surface area (Å²) < 4.78 is 0. The lowest BCUT2D eigenvalue weighted by molar-refractivity contribution is -0.121. The Bertz CT molecular complexity index is 386. The zero-order valence-electron chi connectivity index (χ0n) is 13.1. The lowest BCUT2D eigenvalue weighted by Crippen LogP contribution is -2.35. The van der Waals surface area contributed by atoms with E-state index in [4.69, 9.17) is 0 Å². The molecule has 0 saturated heterocycles. The van der Waals surface area contributed by atoms with E-state index in [9.17, 15) is 4.79 Å². The van der Waals surface area contributed by atoms with Gasteiger partial charge in [0.05, 0.1) is 0 Å². The summed E-state index contributed by atoms with van der Waals surface area (Å²) in [6.45, 7) is 10.3. The van der Waals surface area contributed by atoms with E-state index in [0.717, 1.165) is 39.0 Å². The fourth-order valence-corrected chi connectivity index (χ4v) is 2.20. The Labute approximate surface area is 123 Å². The number of likely N-dealkylation sites (N-methyl/N-ethyl adjacent to an activating group) is 1. The summed E-state index contributed by atoms with van der Waals surface area (Å²) in [6.07, 6.45) is 2.55. The Kier molecular flexibility index (Phi) is 7.97. The average molecular weight is 276 g/mol. The zero-order valence-corrected chi connectivity index (χ0v) is 13.1. The van der Waals surface area contributed by atoms with Gasteiger partial charge >= 0.3 is 0 Å². The van der Waals surface area contributed by atoms with Gasteiger partial charge in [-0.1, -0.05) is 43.7 Å². The minimum absolute atomic E-state index is 0.151. The molecule has 3 nitrogen and oxygen atoms in total. The fourth-order valence-electron chi connectivity index (χ4n) is 2.20. The highest BCUT2D eigenvalue weighted by Crippen LogP contribution is 2.05. The molecule has 1 rings (SSSR count). The van der Waals surface area contributed by atoms with E-state index in [-0.39, 0.29) is 5.91 Å². The predicted octanol–water partition coefficient (Wildman–Crippen LogP) is 2.78. The van der Waals surface area contributed by atoms with Crippen LogP contribution < -0.4 is 5.32 Å². The van der Waals surface area contributed by atoms with Crippen molar-refractivity contribution < 1.29 is 4.79 Å². The molecular formula is C17H28N2O. The third-order valence-electron chi connectivity index (χ3n) is 3.50. The fraction of sp³-hybridized carbons (Fsp3) is 0.588. The third-order valence-corrected chi connectivity index (χ3v) is 3.50. The number of rotatable bonds is 9. The summed E-state index contributed by atoms with van der Waals surface area (Å²) in [5.41, 5.74) is 2.49. The van der Waals surface area contributed by atoms with Crippen molar-refractivity contribution in [3.05, 3.63) is 35.4 Å². The van der Waals surface area contributed by atoms with Crippen molar-refractivity contribution >= 4 is 5.91 Å². The van der Waals surface area contributed by atoms with Gasteiger partial charge in [0.2, 0.25) is 5.91 Å². The minimum Gasteiger partial charge on any atom is -0.355 e. The van der Waals surface area contributed by atoms with E-state index in [0.29, 0.717) is 6.42 Å². The molecule has 0 spiro atoms. The molecule has 0 atom stereocenters. The first kappa shape index (κ1) is 16.7. The molecule has 0 unspecified atom stereocenters. The number of carbonyl (C=O) groups is 1. The van der Waals surface area contributed by atoms with Crippen molar-refractivity contribution in [2.24, 2.45) is 0 Å². The largest absolute Gasteiger partial charge is 0.355 e. The lowest BCUT2D eigenvalue weighted by Gasteiger charge is -2.19. The van der Waals surface area contributed by atoms with Crippen LogP contribution in [0.1, 0.15) is 37.8 Å². The van der Waals surface area contributed by atoms with Crippen LogP contribution in [-0.4, -0.2) is 37.0 Å². The van der Waals surface area contributed by atoms with E-state index in [1.165, 1.54) is 11.1 Å². The van der Waals surface area contributed by atoms with Crippen LogP contribution in [0.3, 0.4) is 0 Å². The first-order valence-electron chi connectivity index (χ1n) is 7.70. The Balaban J connectivity index is 2.18. The molecule has 0 aromatic heterocycles. The molecule has 0 heterocycles. The van der Waals surface area contributed by atoms with Gasteiger partial charge in [-0.25, -0.2) is 0 Å². The van der Waals surface area contributed by atoms with Crippen LogP contribution in [0.15, 0.2) is 24.3 Å². The van der Waals surface area contributed by atoms with Crippen molar-refractivity contribution in [1.29, 1.82) is 0 Å². The number of nitrogens with zero attached hydrogens (tertiary/aromatic N) is 1. The van der Waals surface area contributed by atoms with Crippen molar-refractivity contribution in [2.75, 3.05) is 26.2 Å². The number of hydrogen-bond acceptors (Lipinski definition) is 2. The summed E-state index contributed by atoms with van der Waals surface area (Å²) in [5.74, 6) is 0.151. The van der Waals surface area contributed by atoms with Gasteiger partial charge in [-0.05, 0) is 38.4 Å². The lowest BCUT2D eigenvalue weighted by atomic mass is 10.1. The highest BCUT2D eigenvalue weighted by molar-refractivity contribution is 5.76. The number of nitrogens with one attached hydrogen (secondary N) is 1. The number of amides is 1. The molecule has 1 aromatic rings. The van der Waals surface area contributed by atoms with Crippen LogP contribution in [-0.2, 0) is 11.2 Å². The molecule has 1 aromatic carbocycles. The molecule has 0 aliphatic rings. The van der Waals surface area contributed by atoms with Gasteiger partial charge < -0.3 is 10.2 Å². The topological polar surface area (TPSA) is 32.3 Å². The maximum Gasteiger partial charge on any atom is 0.220 e. The first-order chi connectivity index (χ1) is 9.65. The Morgan fingerprint density at radius 2 is 1.85 bits per heavy atom. The smallest absolute Gasteiger partial charge is 0.220 e. The maximum absolute atomic E-state index is 11.8. The molecule has 0 fully saturated rings. The van der Waals surface area contributed by atoms with Gasteiger partial charge in [0.15, 0.2) is 0 Å². The molecule has 112 valence electrons. The van der Waals surface area contributed by atoms with E-state index >= 15 is 0 Å². The number of benzene rings is 1. The third kappa shape index (κ3) is 6.71. The van der Waals surface area contributed by atoms with Crippen LogP contribution >= 0.6 is 0 Å². The van der Waals surface area contributed by atoms with Crippen molar-refractivity contribution in [3.8, 4) is 0 Å². The Morgan fingerprint density at radius 1 is 1.15 bits per heavy atom. The molecule has 20 heavy (non-hydrogen) atoms. The van der Waals surface area contributed by atoms with Gasteiger partial charge in [0.25, 0.3) is 0 Å². The highest BCUT2D eigenvalue weighted by atomic mass is 16.1. The maximum atomic E-state index is 11.8. The van der Waals surface area contributed by atoms with Crippen LogP contribution in [0.2, 0.25) is 0 Å². The summed E-state index contributed by atoms with van der Waals surface area (Å²) >= 11 is 0. The molecule has 3 heteroatoms. The zero-order chi connectivity index (χ0) is 14.8. The molecule has 0 bridgehead atoms. The Hall–Kier alpha value is -1.35. The quantitative estimate of drug-likeness (QED) is 0.752. The van der Waals surface area contributed by atoms with E-state index < -0.39 is 0 Å². The number of hydrogen-bond donors (Lipinski definition) is 1. The van der Waals surface area contributed by atoms with Gasteiger partial charge in [0.1, 0.15) is 0 Å². The monoisotopic (exact) mass is 276 g/mol. The summed E-state index contributed by atoms with van der Waals surface area (Å²) in [5, 5.41) is 3.01. The van der Waals surface area contributed by atoms with E-state index in [2.05, 4.69) is 55.3 Å². The van der Waals surface area contributed by atoms with Gasteiger partial charge in [-0.15, -0.1) is 0 Å². The van der Waals surface area contributed by atoms with Crippen LogP contribution in [0.4, 0.5) is 0 Å². The highest BCUT2D eigenvalue weighted by Gasteiger charge is 2.04. The van der Waals surface area contributed by atoms with Crippen LogP contribution in [0.5, 0.6) is 0 Å². The predicted molar refractivity (Wildman–Crippen MR) is 84.9 cm³/mol. The molecule has 0 aliphatic carbocycles. The van der Waals surface area contributed by atoms with E-state index in [1.807, 2.05) is 0 Å². The number of aryl methyl sites for hydroxylation is 2. The first-order valence-corrected chi connectivity index (χ1v) is 7.70. The summed E-state index contributed by atoms with van der Waals surface area (Å²) in [6, 6.07) is 8.39. The van der Waals surface area contributed by atoms with Crippen molar-refractivity contribution in [3.63, 3.8) is 0 Å². The van der Waals surface area contributed by atoms with Crippen LogP contribution in [0, 0.1) is 6.92 Å². The number of carbonyl (C=O) groups excluding carboxylic acids is 1. The molecule has 0 aliphatic heterocycles. The van der Waals surface area contributed by atoms with Gasteiger partial charge in [-0.2, -0.15) is 0 Å². The standard InChI is InChI=1S/C17H28N2O/c1-4-13-19(5-2)14-12-18-17(20)11-10-16-8-6-15(3)7-9-16/h6-9H,4-5,10-14H2,1-3H3,(H,18,20). The summed E-state index contributed by atoms with van der Waals surface area (Å²) in [7, 11) is 0. The average Bonchev–Trinajstić information content (AvgIpc) is 2.45. The Morgan fingerprint density at radius 3 is 2.45 bits per heavy atom. The molecule has 0 radical (unpaired) electrons. The van der Waals surface area contributed by atoms with Crippen molar-refractivity contribution in [1.82, 2.24) is 10.2 Å². The molecular weight excluding hydrogens is 248 g/mol. The summed E-state index contributed by atoms with van der Waals surface area (Å²) in [4.78, 5) is 14.1. The normalized spacial score (nSPS) is 10.8. The van der Waals surface area contributed by atoms with E-state index in [1.54, 1.807) is 0 Å². The van der Waals surface area contributed by atoms with Crippen LogP contribution in [0.25, 0.3) is 0 Å². The van der Waals surface area contributed by atoms with Gasteiger partial charge in [-0.3, -0.25) is 4.79 Å². The van der Waals surface area contributed by atoms with Crippen molar-refractivity contribution in [2.45, 2.75) is 40.0 Å².